The van der Waals surface area contributed by atoms with Crippen LogP contribution in [0.3, 0.4) is 0 Å². The predicted molar refractivity (Wildman–Crippen MR) is 94.5 cm³/mol. The summed E-state index contributed by atoms with van der Waals surface area (Å²) in [5.41, 5.74) is 1.51. The van der Waals surface area contributed by atoms with Crippen LogP contribution < -0.4 is 0 Å². The molecule has 0 spiro atoms. The Morgan fingerprint density at radius 3 is 1.52 bits per heavy atom. The molecule has 2 aromatic carbocycles. The molecule has 2 rings (SSSR count). The van der Waals surface area contributed by atoms with Gasteiger partial charge in [-0.25, -0.2) is 0 Å². The molecule has 0 aliphatic rings. The summed E-state index contributed by atoms with van der Waals surface area (Å²) in [6.45, 7) is 1.37. The zero-order chi connectivity index (χ0) is 18.1. The van der Waals surface area contributed by atoms with Crippen molar-refractivity contribution in [3.63, 3.8) is 0 Å². The zero-order valence-corrected chi connectivity index (χ0v) is 14.8. The van der Waals surface area contributed by atoms with E-state index in [1.165, 1.54) is 6.66 Å². The molecule has 25 heavy (non-hydrogen) atoms. The quantitative estimate of drug-likeness (QED) is 0.612. The van der Waals surface area contributed by atoms with Crippen LogP contribution in [0.4, 0.5) is 0 Å². The van der Waals surface area contributed by atoms with E-state index in [1.807, 2.05) is 72.8 Å². The molecule has 128 valence electrons. The second-order valence-electron chi connectivity index (χ2n) is 5.51. The third kappa shape index (κ3) is 5.85. The van der Waals surface area contributed by atoms with E-state index in [4.69, 9.17) is 19.6 Å². The van der Waals surface area contributed by atoms with Gasteiger partial charge in [0.15, 0.2) is 0 Å². The average Bonchev–Trinajstić information content (AvgIpc) is 2.62. The van der Waals surface area contributed by atoms with Crippen molar-refractivity contribution in [2.45, 2.75) is 25.0 Å². The summed E-state index contributed by atoms with van der Waals surface area (Å²) in [7, 11) is -3.50. The van der Waals surface area contributed by atoms with Crippen LogP contribution in [0.1, 0.15) is 36.2 Å². The molecule has 0 aliphatic carbocycles. The smallest absolute Gasteiger partial charge is 0.299 e. The lowest BCUT2D eigenvalue weighted by molar-refractivity contribution is 0.119. The van der Waals surface area contributed by atoms with Gasteiger partial charge in [-0.2, -0.15) is 10.5 Å². The Morgan fingerprint density at radius 1 is 0.840 bits per heavy atom. The highest BCUT2D eigenvalue weighted by molar-refractivity contribution is 7.53. The normalized spacial score (nSPS) is 15.3. The Bertz CT molecular complexity index is 731. The molecule has 0 aromatic heterocycles. The van der Waals surface area contributed by atoms with Gasteiger partial charge in [0.1, 0.15) is 12.2 Å². The summed E-state index contributed by atoms with van der Waals surface area (Å²) in [4.78, 5) is 0. The van der Waals surface area contributed by atoms with E-state index in [9.17, 15) is 4.57 Å². The standard InChI is InChI=1S/C19H19N2O3P/c1-25(22,23-18(12-14-20)16-8-4-2-5-9-16)24-19(13-15-21)17-10-6-3-7-11-17/h2-11,18-19H,12-13H2,1H3. The van der Waals surface area contributed by atoms with Gasteiger partial charge in [-0.05, 0) is 11.1 Å². The minimum Gasteiger partial charge on any atom is -0.299 e. The van der Waals surface area contributed by atoms with Crippen LogP contribution >= 0.6 is 7.60 Å². The third-order valence-electron chi connectivity index (χ3n) is 3.53. The van der Waals surface area contributed by atoms with E-state index in [2.05, 4.69) is 0 Å². The number of hydrogen-bond donors (Lipinski definition) is 0. The molecule has 0 saturated heterocycles. The van der Waals surface area contributed by atoms with E-state index in [1.54, 1.807) is 0 Å². The van der Waals surface area contributed by atoms with Gasteiger partial charge in [0.25, 0.3) is 0 Å². The summed E-state index contributed by atoms with van der Waals surface area (Å²) < 4.78 is 24.2. The fourth-order valence-electron chi connectivity index (χ4n) is 2.42. The number of rotatable bonds is 8. The molecule has 0 amide bonds. The lowest BCUT2D eigenvalue weighted by Crippen LogP contribution is -2.07. The van der Waals surface area contributed by atoms with Gasteiger partial charge in [-0.3, -0.25) is 13.6 Å². The van der Waals surface area contributed by atoms with Crippen molar-refractivity contribution in [2.24, 2.45) is 0 Å². The first-order chi connectivity index (χ1) is 12.1. The van der Waals surface area contributed by atoms with Crippen LogP contribution in [-0.4, -0.2) is 6.66 Å². The molecule has 0 radical (unpaired) electrons. The molecule has 0 saturated carbocycles. The van der Waals surface area contributed by atoms with Gasteiger partial charge in [-0.1, -0.05) is 60.7 Å². The van der Waals surface area contributed by atoms with Crippen molar-refractivity contribution in [3.05, 3.63) is 71.8 Å². The zero-order valence-electron chi connectivity index (χ0n) is 13.9. The molecule has 6 heteroatoms. The highest BCUT2D eigenvalue weighted by Gasteiger charge is 2.28. The van der Waals surface area contributed by atoms with Gasteiger partial charge in [-0.15, -0.1) is 0 Å². The number of nitriles is 2. The van der Waals surface area contributed by atoms with Crippen molar-refractivity contribution < 1.29 is 13.6 Å². The second kappa shape index (κ2) is 9.16. The van der Waals surface area contributed by atoms with Crippen LogP contribution in [0.15, 0.2) is 60.7 Å². The van der Waals surface area contributed by atoms with Gasteiger partial charge in [0, 0.05) is 6.66 Å². The van der Waals surface area contributed by atoms with Gasteiger partial charge < -0.3 is 0 Å². The minimum absolute atomic E-state index is 0.0550. The molecule has 0 heterocycles. The topological polar surface area (TPSA) is 83.1 Å². The van der Waals surface area contributed by atoms with E-state index in [0.29, 0.717) is 0 Å². The molecule has 2 atom stereocenters. The Kier molecular flexibility index (Phi) is 6.92. The Labute approximate surface area is 148 Å². The lowest BCUT2D eigenvalue weighted by atomic mass is 10.1. The Hall–Kier alpha value is -2.43. The summed E-state index contributed by atoms with van der Waals surface area (Å²) in [6, 6.07) is 22.4. The van der Waals surface area contributed by atoms with E-state index < -0.39 is 19.8 Å². The summed E-state index contributed by atoms with van der Waals surface area (Å²) in [5.74, 6) is 0. The fourth-order valence-corrected chi connectivity index (χ4v) is 3.79. The van der Waals surface area contributed by atoms with Gasteiger partial charge in [0.05, 0.1) is 25.0 Å². The first-order valence-electron chi connectivity index (χ1n) is 7.84. The molecule has 0 N–H and O–H groups in total. The number of hydrogen-bond acceptors (Lipinski definition) is 5. The fraction of sp³-hybridized carbons (Fsp3) is 0.263. The van der Waals surface area contributed by atoms with E-state index >= 15 is 0 Å². The molecule has 2 unspecified atom stereocenters. The van der Waals surface area contributed by atoms with Crippen LogP contribution in [0.25, 0.3) is 0 Å². The SMILES string of the molecule is CP(=O)(OC(CC#N)c1ccccc1)OC(CC#N)c1ccccc1. The van der Waals surface area contributed by atoms with E-state index in [0.717, 1.165) is 11.1 Å². The summed E-state index contributed by atoms with van der Waals surface area (Å²) in [5, 5.41) is 18.1. The molecular weight excluding hydrogens is 335 g/mol. The molecule has 2 aromatic rings. The Balaban J connectivity index is 2.17. The molecule has 0 fully saturated rings. The van der Waals surface area contributed by atoms with Gasteiger partial charge in [0.2, 0.25) is 0 Å². The maximum Gasteiger partial charge on any atom is 0.328 e. The molecule has 5 nitrogen and oxygen atoms in total. The highest BCUT2D eigenvalue weighted by atomic mass is 31.2. The summed E-state index contributed by atoms with van der Waals surface area (Å²) in [6.07, 6.45) is -1.19. The maximum absolute atomic E-state index is 12.9. The van der Waals surface area contributed by atoms with Crippen LogP contribution in [0.2, 0.25) is 0 Å². The summed E-state index contributed by atoms with van der Waals surface area (Å²) >= 11 is 0. The van der Waals surface area contributed by atoms with Crippen molar-refractivity contribution >= 4 is 7.60 Å². The van der Waals surface area contributed by atoms with Crippen molar-refractivity contribution in [3.8, 4) is 12.1 Å². The maximum atomic E-state index is 12.9. The second-order valence-corrected chi connectivity index (χ2v) is 7.47. The minimum atomic E-state index is -3.50. The largest absolute Gasteiger partial charge is 0.328 e. The molecule has 0 aliphatic heterocycles. The van der Waals surface area contributed by atoms with Gasteiger partial charge >= 0.3 is 7.60 Å². The van der Waals surface area contributed by atoms with Crippen molar-refractivity contribution in [2.75, 3.05) is 6.66 Å². The number of nitrogens with zero attached hydrogens (tertiary/aromatic N) is 2. The van der Waals surface area contributed by atoms with Crippen LogP contribution in [0.5, 0.6) is 0 Å². The van der Waals surface area contributed by atoms with Crippen molar-refractivity contribution in [1.82, 2.24) is 0 Å². The monoisotopic (exact) mass is 354 g/mol. The molecular formula is C19H19N2O3P. The predicted octanol–water partition coefficient (Wildman–Crippen LogP) is 5.15. The van der Waals surface area contributed by atoms with Crippen LogP contribution in [0, 0.1) is 22.7 Å². The molecule has 0 bridgehead atoms. The lowest BCUT2D eigenvalue weighted by Gasteiger charge is -2.24. The van der Waals surface area contributed by atoms with E-state index in [-0.39, 0.29) is 12.8 Å². The van der Waals surface area contributed by atoms with Crippen LogP contribution in [-0.2, 0) is 13.6 Å². The average molecular weight is 354 g/mol. The highest BCUT2D eigenvalue weighted by Crippen LogP contribution is 2.53. The first kappa shape index (κ1) is 18.9. The third-order valence-corrected chi connectivity index (χ3v) is 4.81. The Morgan fingerprint density at radius 2 is 1.20 bits per heavy atom. The van der Waals surface area contributed by atoms with Crippen molar-refractivity contribution in [1.29, 1.82) is 10.5 Å². The first-order valence-corrected chi connectivity index (χ1v) is 9.83. The number of benzene rings is 2.